The molecule has 0 saturated heterocycles. The van der Waals surface area contributed by atoms with Crippen LogP contribution in [0.3, 0.4) is 0 Å². The lowest BCUT2D eigenvalue weighted by atomic mass is 10.0. The first-order valence-corrected chi connectivity index (χ1v) is 9.09. The molecule has 0 spiro atoms. The summed E-state index contributed by atoms with van der Waals surface area (Å²) in [7, 11) is 0. The minimum absolute atomic E-state index is 0.0944. The van der Waals surface area contributed by atoms with Gasteiger partial charge < -0.3 is 9.74 Å². The number of oxime groups is 1. The second-order valence-electron chi connectivity index (χ2n) is 6.66. The summed E-state index contributed by atoms with van der Waals surface area (Å²) in [6.07, 6.45) is -3.93. The molecule has 4 nitrogen and oxygen atoms in total. The highest BCUT2D eigenvalue weighted by molar-refractivity contribution is 6.01. The fourth-order valence-corrected chi connectivity index (χ4v) is 3.12. The molecule has 7 heteroatoms. The van der Waals surface area contributed by atoms with Crippen LogP contribution in [0, 0.1) is 0 Å². The Morgan fingerprint density at radius 2 is 1.93 bits per heavy atom. The molecule has 0 aromatic heterocycles. The predicted octanol–water partition coefficient (Wildman–Crippen LogP) is 4.64. The second kappa shape index (κ2) is 8.46. The largest absolute Gasteiger partial charge is 0.416 e. The van der Waals surface area contributed by atoms with E-state index in [9.17, 15) is 18.0 Å². The number of benzene rings is 2. The molecular formula is C21H21F3N2O2. The number of halogens is 3. The molecule has 1 atom stereocenters. The number of hydrogen-bond acceptors (Lipinski definition) is 3. The quantitative estimate of drug-likeness (QED) is 0.721. The Labute approximate surface area is 161 Å². The number of amides is 1. The Kier molecular flexibility index (Phi) is 6.02. The first-order valence-electron chi connectivity index (χ1n) is 9.09. The molecule has 1 aliphatic heterocycles. The van der Waals surface area contributed by atoms with Gasteiger partial charge in [0.15, 0.2) is 6.10 Å². The van der Waals surface area contributed by atoms with Gasteiger partial charge in [0.1, 0.15) is 0 Å². The highest BCUT2D eigenvalue weighted by atomic mass is 19.4. The van der Waals surface area contributed by atoms with Crippen molar-refractivity contribution in [2.75, 3.05) is 6.54 Å². The van der Waals surface area contributed by atoms with Gasteiger partial charge in [-0.1, -0.05) is 54.5 Å². The van der Waals surface area contributed by atoms with Crippen molar-refractivity contribution in [1.29, 1.82) is 0 Å². The van der Waals surface area contributed by atoms with E-state index in [0.717, 1.165) is 23.4 Å². The van der Waals surface area contributed by atoms with Crippen LogP contribution in [-0.4, -0.2) is 29.2 Å². The predicted molar refractivity (Wildman–Crippen MR) is 99.6 cm³/mol. The summed E-state index contributed by atoms with van der Waals surface area (Å²) in [5.41, 5.74) is 1.46. The minimum atomic E-state index is -4.41. The lowest BCUT2D eigenvalue weighted by molar-refractivity contribution is -0.137. The molecule has 0 saturated carbocycles. The van der Waals surface area contributed by atoms with E-state index < -0.39 is 11.7 Å². The van der Waals surface area contributed by atoms with E-state index in [1.165, 1.54) is 11.0 Å². The Morgan fingerprint density at radius 3 is 2.61 bits per heavy atom. The van der Waals surface area contributed by atoms with E-state index in [4.69, 9.17) is 4.84 Å². The van der Waals surface area contributed by atoms with Gasteiger partial charge in [-0.3, -0.25) is 4.79 Å². The van der Waals surface area contributed by atoms with Gasteiger partial charge in [0.25, 0.3) is 0 Å². The van der Waals surface area contributed by atoms with Crippen LogP contribution in [0.1, 0.15) is 36.5 Å². The Hall–Kier alpha value is -2.83. The van der Waals surface area contributed by atoms with Gasteiger partial charge in [-0.25, -0.2) is 0 Å². The maximum Gasteiger partial charge on any atom is 0.416 e. The third-order valence-electron chi connectivity index (χ3n) is 4.55. The number of nitrogens with zero attached hydrogens (tertiary/aromatic N) is 2. The van der Waals surface area contributed by atoms with Crippen molar-refractivity contribution < 1.29 is 22.8 Å². The zero-order chi connectivity index (χ0) is 20.1. The molecule has 0 unspecified atom stereocenters. The molecule has 0 bridgehead atoms. The van der Waals surface area contributed by atoms with Crippen LogP contribution >= 0.6 is 0 Å². The molecular weight excluding hydrogens is 369 g/mol. The first kappa shape index (κ1) is 19.9. The molecule has 0 N–H and O–H groups in total. The van der Waals surface area contributed by atoms with Crippen molar-refractivity contribution >= 4 is 11.6 Å². The molecule has 2 aromatic rings. The van der Waals surface area contributed by atoms with Crippen LogP contribution < -0.4 is 0 Å². The van der Waals surface area contributed by atoms with E-state index >= 15 is 0 Å². The zero-order valence-electron chi connectivity index (χ0n) is 15.4. The normalized spacial score (nSPS) is 16.4. The average molecular weight is 390 g/mol. The number of rotatable bonds is 6. The lowest BCUT2D eigenvalue weighted by Crippen LogP contribution is -2.37. The standard InChI is InChI=1S/C21H21F3N2O2/c1-2-20(27)26(13-15-7-6-10-17(11-15)21(22,23)24)14-18-12-19(25-28-18)16-8-4-3-5-9-16/h3-11,18H,2,12-14H2,1H3/t18-/m1/s1. The molecule has 28 heavy (non-hydrogen) atoms. The van der Waals surface area contributed by atoms with E-state index in [2.05, 4.69) is 5.16 Å². The van der Waals surface area contributed by atoms with Crippen molar-refractivity contribution in [3.8, 4) is 0 Å². The molecule has 2 aromatic carbocycles. The smallest absolute Gasteiger partial charge is 0.390 e. The van der Waals surface area contributed by atoms with Gasteiger partial charge >= 0.3 is 6.18 Å². The van der Waals surface area contributed by atoms with Gasteiger partial charge in [0.2, 0.25) is 5.91 Å². The van der Waals surface area contributed by atoms with Crippen LogP contribution in [0.4, 0.5) is 13.2 Å². The van der Waals surface area contributed by atoms with Gasteiger partial charge in [-0.15, -0.1) is 0 Å². The van der Waals surface area contributed by atoms with E-state index in [0.29, 0.717) is 12.0 Å². The van der Waals surface area contributed by atoms with Crippen LogP contribution in [-0.2, 0) is 22.4 Å². The van der Waals surface area contributed by atoms with Gasteiger partial charge in [-0.05, 0) is 23.3 Å². The molecule has 148 valence electrons. The summed E-state index contributed by atoms with van der Waals surface area (Å²) >= 11 is 0. The highest BCUT2D eigenvalue weighted by Crippen LogP contribution is 2.30. The fourth-order valence-electron chi connectivity index (χ4n) is 3.12. The summed E-state index contributed by atoms with van der Waals surface area (Å²) in [6, 6.07) is 14.6. The van der Waals surface area contributed by atoms with Crippen LogP contribution in [0.5, 0.6) is 0 Å². The maximum atomic E-state index is 12.9. The van der Waals surface area contributed by atoms with Crippen molar-refractivity contribution in [3.05, 3.63) is 71.3 Å². The lowest BCUT2D eigenvalue weighted by Gasteiger charge is -2.25. The summed E-state index contributed by atoms with van der Waals surface area (Å²) in [5, 5.41) is 4.11. The molecule has 1 heterocycles. The van der Waals surface area contributed by atoms with Gasteiger partial charge in [0, 0.05) is 19.4 Å². The molecule has 0 radical (unpaired) electrons. The van der Waals surface area contributed by atoms with Gasteiger partial charge in [-0.2, -0.15) is 13.2 Å². The summed E-state index contributed by atoms with van der Waals surface area (Å²) in [5.74, 6) is -0.144. The van der Waals surface area contributed by atoms with Crippen molar-refractivity contribution in [2.24, 2.45) is 5.16 Å². The summed E-state index contributed by atoms with van der Waals surface area (Å²) in [4.78, 5) is 19.4. The number of hydrogen-bond donors (Lipinski definition) is 0. The SMILES string of the molecule is CCC(=O)N(Cc1cccc(C(F)(F)F)c1)C[C@H]1CC(c2ccccc2)=NO1. The molecule has 1 amide bonds. The monoisotopic (exact) mass is 390 g/mol. The van der Waals surface area contributed by atoms with Crippen LogP contribution in [0.15, 0.2) is 59.8 Å². The summed E-state index contributed by atoms with van der Waals surface area (Å²) < 4.78 is 38.8. The fraction of sp³-hybridized carbons (Fsp3) is 0.333. The van der Waals surface area contributed by atoms with E-state index in [-0.39, 0.29) is 31.5 Å². The van der Waals surface area contributed by atoms with Gasteiger partial charge in [0.05, 0.1) is 17.8 Å². The van der Waals surface area contributed by atoms with Crippen LogP contribution in [0.25, 0.3) is 0 Å². The van der Waals surface area contributed by atoms with E-state index in [1.54, 1.807) is 13.0 Å². The topological polar surface area (TPSA) is 41.9 Å². The third kappa shape index (κ3) is 4.91. The molecule has 0 aliphatic carbocycles. The number of alkyl halides is 3. The number of carbonyl (C=O) groups is 1. The Balaban J connectivity index is 1.68. The van der Waals surface area contributed by atoms with Crippen LogP contribution in [0.2, 0.25) is 0 Å². The maximum absolute atomic E-state index is 12.9. The molecule has 0 fully saturated rings. The number of carbonyl (C=O) groups excluding carboxylic acids is 1. The van der Waals surface area contributed by atoms with Crippen molar-refractivity contribution in [2.45, 2.75) is 38.6 Å². The van der Waals surface area contributed by atoms with Crippen molar-refractivity contribution in [3.63, 3.8) is 0 Å². The average Bonchev–Trinajstić information content (AvgIpc) is 3.16. The molecule has 3 rings (SSSR count). The second-order valence-corrected chi connectivity index (χ2v) is 6.66. The third-order valence-corrected chi connectivity index (χ3v) is 4.55. The highest BCUT2D eigenvalue weighted by Gasteiger charge is 2.31. The van der Waals surface area contributed by atoms with Crippen molar-refractivity contribution in [1.82, 2.24) is 4.90 Å². The Morgan fingerprint density at radius 1 is 1.18 bits per heavy atom. The Bertz CT molecular complexity index is 850. The summed E-state index contributed by atoms with van der Waals surface area (Å²) in [6.45, 7) is 2.09. The first-order chi connectivity index (χ1) is 13.4. The minimum Gasteiger partial charge on any atom is -0.390 e. The molecule has 1 aliphatic rings. The zero-order valence-corrected chi connectivity index (χ0v) is 15.4. The van der Waals surface area contributed by atoms with E-state index in [1.807, 2.05) is 30.3 Å².